The highest BCUT2D eigenvalue weighted by Crippen LogP contribution is 2.36. The molecule has 212 valence electrons. The van der Waals surface area contributed by atoms with Gasteiger partial charge in [0, 0.05) is 38.6 Å². The van der Waals surface area contributed by atoms with Crippen molar-refractivity contribution in [3.8, 4) is 5.75 Å². The molecule has 0 unspecified atom stereocenters. The lowest BCUT2D eigenvalue weighted by molar-refractivity contribution is -0.122. The first-order chi connectivity index (χ1) is 18.6. The number of sulfonamides is 1. The van der Waals surface area contributed by atoms with Gasteiger partial charge in [-0.15, -0.1) is 0 Å². The number of nitrogens with zero attached hydrogens (tertiary/aromatic N) is 2. The van der Waals surface area contributed by atoms with Crippen LogP contribution in [0.25, 0.3) is 0 Å². The van der Waals surface area contributed by atoms with Crippen molar-refractivity contribution in [2.24, 2.45) is 11.8 Å². The third-order valence-electron chi connectivity index (χ3n) is 7.43. The number of likely N-dealkylation sites (N-methyl/N-ethyl adjacent to an activating group) is 1. The van der Waals surface area contributed by atoms with Gasteiger partial charge >= 0.3 is 0 Å². The second-order valence-corrected chi connectivity index (χ2v) is 12.3. The fraction of sp³-hybridized carbons (Fsp3) is 0.500. The van der Waals surface area contributed by atoms with Gasteiger partial charge in [0.25, 0.3) is 5.91 Å². The summed E-state index contributed by atoms with van der Waals surface area (Å²) in [4.78, 5) is 28.5. The monoisotopic (exact) mass is 559 g/mol. The van der Waals surface area contributed by atoms with E-state index in [1.165, 1.54) is 23.5 Å². The van der Waals surface area contributed by atoms with Crippen LogP contribution < -0.4 is 10.1 Å². The molecule has 1 saturated heterocycles. The van der Waals surface area contributed by atoms with Crippen LogP contribution >= 0.6 is 0 Å². The van der Waals surface area contributed by atoms with Crippen molar-refractivity contribution in [1.82, 2.24) is 9.21 Å². The number of aliphatic hydroxyl groups excluding tert-OH is 1. The van der Waals surface area contributed by atoms with E-state index in [0.29, 0.717) is 31.7 Å². The minimum atomic E-state index is -3.80. The van der Waals surface area contributed by atoms with Gasteiger partial charge in [0.2, 0.25) is 15.9 Å². The molecule has 0 saturated carbocycles. The van der Waals surface area contributed by atoms with Crippen molar-refractivity contribution < 1.29 is 32.6 Å². The van der Waals surface area contributed by atoms with Gasteiger partial charge in [-0.25, -0.2) is 8.42 Å². The Kier molecular flexibility index (Phi) is 9.27. The molecule has 39 heavy (non-hydrogen) atoms. The Morgan fingerprint density at radius 1 is 1.15 bits per heavy atom. The van der Waals surface area contributed by atoms with Crippen LogP contribution in [0.4, 0.5) is 5.69 Å². The highest BCUT2D eigenvalue weighted by atomic mass is 32.2. The lowest BCUT2D eigenvalue weighted by Gasteiger charge is -2.38. The van der Waals surface area contributed by atoms with E-state index in [4.69, 9.17) is 9.47 Å². The summed E-state index contributed by atoms with van der Waals surface area (Å²) in [6.07, 6.45) is 0.545. The summed E-state index contributed by atoms with van der Waals surface area (Å²) >= 11 is 0. The van der Waals surface area contributed by atoms with Crippen molar-refractivity contribution in [2.75, 3.05) is 45.3 Å². The van der Waals surface area contributed by atoms with E-state index in [0.717, 1.165) is 0 Å². The predicted molar refractivity (Wildman–Crippen MR) is 146 cm³/mol. The first-order valence-corrected chi connectivity index (χ1v) is 14.7. The Morgan fingerprint density at radius 2 is 1.85 bits per heavy atom. The van der Waals surface area contributed by atoms with E-state index < -0.39 is 22.2 Å². The zero-order valence-corrected chi connectivity index (χ0v) is 23.4. The summed E-state index contributed by atoms with van der Waals surface area (Å²) in [7, 11) is -2.30. The number of para-hydroxylation sites is 1. The number of rotatable bonds is 8. The van der Waals surface area contributed by atoms with Gasteiger partial charge in [-0.05, 0) is 44.0 Å². The van der Waals surface area contributed by atoms with E-state index in [9.17, 15) is 23.1 Å². The lowest BCUT2D eigenvalue weighted by atomic mass is 9.98. The fourth-order valence-electron chi connectivity index (χ4n) is 4.88. The highest BCUT2D eigenvalue weighted by molar-refractivity contribution is 7.89. The van der Waals surface area contributed by atoms with E-state index in [2.05, 4.69) is 5.32 Å². The van der Waals surface area contributed by atoms with Gasteiger partial charge < -0.3 is 24.8 Å². The molecule has 0 spiro atoms. The SMILES string of the molecule is C[C@@H]1CN([C@@H](C)CO)C(=O)c2cccc(NC(=O)C3CCOCC3)c2O[C@H]1CN(C)S(=O)(=O)c1ccccc1. The standard InChI is InChI=1S/C28H37N3O7S/c1-19-16-31(20(2)18-32)28(34)23-10-7-11-24(29-27(33)21-12-14-37-15-13-21)26(23)38-25(19)17-30(3)39(35,36)22-8-5-4-6-9-22/h4-11,19-21,25,32H,12-18H2,1-3H3,(H,29,33)/t19-,20+,25+/m1/s1. The molecule has 0 bridgehead atoms. The summed E-state index contributed by atoms with van der Waals surface area (Å²) in [6, 6.07) is 12.7. The summed E-state index contributed by atoms with van der Waals surface area (Å²) < 4.78 is 39.6. The normalized spacial score (nSPS) is 21.5. The molecule has 0 radical (unpaired) electrons. The molecule has 10 nitrogen and oxygen atoms in total. The summed E-state index contributed by atoms with van der Waals surface area (Å²) in [6.45, 7) is 4.68. The molecule has 2 heterocycles. The van der Waals surface area contributed by atoms with E-state index in [1.54, 1.807) is 48.2 Å². The number of hydrogen-bond acceptors (Lipinski definition) is 7. The minimum absolute atomic E-state index is 0.00954. The van der Waals surface area contributed by atoms with Crippen molar-refractivity contribution in [3.63, 3.8) is 0 Å². The Hall–Kier alpha value is -2.99. The molecule has 2 aromatic rings. The maximum Gasteiger partial charge on any atom is 0.258 e. The molecule has 4 rings (SSSR count). The first-order valence-electron chi connectivity index (χ1n) is 13.2. The third-order valence-corrected chi connectivity index (χ3v) is 9.27. The maximum absolute atomic E-state index is 13.6. The number of fused-ring (bicyclic) bond motifs is 1. The number of anilines is 1. The molecular formula is C28H37N3O7S. The molecule has 2 amide bonds. The van der Waals surface area contributed by atoms with Crippen molar-refractivity contribution in [3.05, 3.63) is 54.1 Å². The van der Waals surface area contributed by atoms with Gasteiger partial charge in [-0.1, -0.05) is 31.2 Å². The van der Waals surface area contributed by atoms with Gasteiger partial charge in [0.05, 0.1) is 35.3 Å². The third kappa shape index (κ3) is 6.43. The topological polar surface area (TPSA) is 125 Å². The molecule has 2 aliphatic rings. The average Bonchev–Trinajstić information content (AvgIpc) is 2.95. The van der Waals surface area contributed by atoms with Crippen LogP contribution in [-0.4, -0.2) is 86.6 Å². The van der Waals surface area contributed by atoms with Crippen LogP contribution in [0.1, 0.15) is 37.0 Å². The van der Waals surface area contributed by atoms with Gasteiger partial charge in [-0.2, -0.15) is 4.31 Å². The number of nitrogens with one attached hydrogen (secondary N) is 1. The highest BCUT2D eigenvalue weighted by Gasteiger charge is 2.36. The van der Waals surface area contributed by atoms with Crippen molar-refractivity contribution in [2.45, 2.75) is 43.7 Å². The first kappa shape index (κ1) is 29.0. The largest absolute Gasteiger partial charge is 0.486 e. The van der Waals surface area contributed by atoms with E-state index in [1.807, 2.05) is 6.92 Å². The van der Waals surface area contributed by atoms with Crippen molar-refractivity contribution >= 4 is 27.5 Å². The number of hydrogen-bond donors (Lipinski definition) is 2. The lowest BCUT2D eigenvalue weighted by Crippen LogP contribution is -2.50. The number of carbonyl (C=O) groups excluding carboxylic acids is 2. The molecule has 0 aliphatic carbocycles. The number of amides is 2. The molecule has 1 fully saturated rings. The van der Waals surface area contributed by atoms with Gasteiger partial charge in [0.1, 0.15) is 6.10 Å². The van der Waals surface area contributed by atoms with Crippen LogP contribution in [0, 0.1) is 11.8 Å². The van der Waals surface area contributed by atoms with Crippen LogP contribution in [0.2, 0.25) is 0 Å². The smallest absolute Gasteiger partial charge is 0.258 e. The van der Waals surface area contributed by atoms with E-state index in [-0.39, 0.29) is 59.6 Å². The summed E-state index contributed by atoms with van der Waals surface area (Å²) in [5.74, 6) is -0.839. The van der Waals surface area contributed by atoms with E-state index >= 15 is 0 Å². The van der Waals surface area contributed by atoms with Crippen molar-refractivity contribution in [1.29, 1.82) is 0 Å². The second-order valence-electron chi connectivity index (χ2n) is 10.3. The number of ether oxygens (including phenoxy) is 2. The number of aliphatic hydroxyl groups is 1. The Labute approximate surface area is 229 Å². The fourth-order valence-corrected chi connectivity index (χ4v) is 6.08. The molecule has 11 heteroatoms. The van der Waals surface area contributed by atoms with Gasteiger partial charge in [-0.3, -0.25) is 9.59 Å². The molecule has 2 N–H and O–H groups in total. The molecule has 2 aromatic carbocycles. The molecule has 3 atom stereocenters. The average molecular weight is 560 g/mol. The molecule has 0 aromatic heterocycles. The maximum atomic E-state index is 13.6. The van der Waals surface area contributed by atoms with Crippen LogP contribution in [0.5, 0.6) is 5.75 Å². The predicted octanol–water partition coefficient (Wildman–Crippen LogP) is 2.59. The quantitative estimate of drug-likeness (QED) is 0.509. The number of carbonyl (C=O) groups is 2. The minimum Gasteiger partial charge on any atom is -0.486 e. The summed E-state index contributed by atoms with van der Waals surface area (Å²) in [5, 5.41) is 12.8. The Morgan fingerprint density at radius 3 is 2.51 bits per heavy atom. The second kappa shape index (κ2) is 12.5. The zero-order chi connectivity index (χ0) is 28.2. The Balaban J connectivity index is 1.69. The van der Waals surface area contributed by atoms with Crippen LogP contribution in [0.15, 0.2) is 53.4 Å². The Bertz CT molecular complexity index is 1270. The molecule has 2 aliphatic heterocycles. The zero-order valence-electron chi connectivity index (χ0n) is 22.6. The van der Waals surface area contributed by atoms with Crippen LogP contribution in [0.3, 0.4) is 0 Å². The summed E-state index contributed by atoms with van der Waals surface area (Å²) in [5.41, 5.74) is 0.590. The molecular weight excluding hydrogens is 522 g/mol. The number of benzene rings is 2. The van der Waals surface area contributed by atoms with Crippen LogP contribution in [-0.2, 0) is 19.6 Å². The van der Waals surface area contributed by atoms with Gasteiger partial charge in [0.15, 0.2) is 5.75 Å².